The zero-order chi connectivity index (χ0) is 24.9. The summed E-state index contributed by atoms with van der Waals surface area (Å²) >= 11 is 5.72. The maximum absolute atomic E-state index is 13.6. The lowest BCUT2D eigenvalue weighted by atomic mass is 9.86. The van der Waals surface area contributed by atoms with Crippen LogP contribution in [-0.2, 0) is 15.4 Å². The first-order valence-electron chi connectivity index (χ1n) is 10.3. The molecule has 3 heterocycles. The number of aromatic nitrogens is 2. The molecular weight excluding hydrogens is 486 g/mol. The molecule has 1 aromatic heterocycles. The summed E-state index contributed by atoms with van der Waals surface area (Å²) in [6.07, 6.45) is 1.21. The van der Waals surface area contributed by atoms with Crippen molar-refractivity contribution in [2.75, 3.05) is 11.9 Å². The molecular formula is C21H22ClN5O6S. The lowest BCUT2D eigenvalue weighted by Gasteiger charge is -2.44. The van der Waals surface area contributed by atoms with Crippen LogP contribution in [0.4, 0.5) is 10.5 Å². The molecule has 2 atom stereocenters. The molecule has 0 saturated carbocycles. The van der Waals surface area contributed by atoms with Crippen molar-refractivity contribution in [2.45, 2.75) is 42.7 Å². The summed E-state index contributed by atoms with van der Waals surface area (Å²) < 4.78 is 31.5. The highest BCUT2D eigenvalue weighted by Gasteiger charge is 2.58. The Morgan fingerprint density at radius 2 is 1.91 bits per heavy atom. The molecule has 13 heteroatoms. The van der Waals surface area contributed by atoms with Gasteiger partial charge in [-0.05, 0) is 39.0 Å². The van der Waals surface area contributed by atoms with Crippen LogP contribution in [0.15, 0.2) is 35.6 Å². The van der Waals surface area contributed by atoms with E-state index in [0.29, 0.717) is 17.0 Å². The van der Waals surface area contributed by atoms with E-state index in [4.69, 9.17) is 16.3 Å². The summed E-state index contributed by atoms with van der Waals surface area (Å²) in [6, 6.07) is 4.79. The first-order chi connectivity index (χ1) is 15.9. The Bertz CT molecular complexity index is 1310. The van der Waals surface area contributed by atoms with Crippen LogP contribution in [0, 0.1) is 0 Å². The Kier molecular flexibility index (Phi) is 5.76. The number of nitrogens with one attached hydrogen (secondary N) is 2. The van der Waals surface area contributed by atoms with Crippen molar-refractivity contribution in [3.8, 4) is 5.75 Å². The van der Waals surface area contributed by atoms with Crippen molar-refractivity contribution in [1.82, 2.24) is 15.3 Å². The Morgan fingerprint density at radius 1 is 1.18 bits per heavy atom. The van der Waals surface area contributed by atoms with Gasteiger partial charge in [0.1, 0.15) is 32.7 Å². The van der Waals surface area contributed by atoms with E-state index in [1.54, 1.807) is 25.1 Å². The fourth-order valence-corrected chi connectivity index (χ4v) is 6.58. The van der Waals surface area contributed by atoms with Gasteiger partial charge in [-0.2, -0.15) is 0 Å². The number of sulfone groups is 1. The molecule has 0 bridgehead atoms. The number of aliphatic imine (C=N–C) groups is 1. The molecule has 34 heavy (non-hydrogen) atoms. The predicted octanol–water partition coefficient (Wildman–Crippen LogP) is 2.62. The SMILES string of the molecule is CC1(C)C(NC(=O)O)=N[C@]2(C)c3cc(NC(=O)c4cnc(Cl)cn4)ccc3OCC[C@H]2S1(=O)=O. The zero-order valence-corrected chi connectivity index (χ0v) is 20.1. The first-order valence-corrected chi connectivity index (χ1v) is 12.2. The van der Waals surface area contributed by atoms with Gasteiger partial charge in [-0.3, -0.25) is 15.1 Å². The number of hydrogen-bond donors (Lipinski definition) is 3. The van der Waals surface area contributed by atoms with Crippen molar-refractivity contribution in [3.05, 3.63) is 47.0 Å². The van der Waals surface area contributed by atoms with Crippen LogP contribution < -0.4 is 15.4 Å². The monoisotopic (exact) mass is 507 g/mol. The number of nitrogens with zero attached hydrogens (tertiary/aromatic N) is 3. The second-order valence-corrected chi connectivity index (χ2v) is 11.7. The molecule has 180 valence electrons. The summed E-state index contributed by atoms with van der Waals surface area (Å²) in [6.45, 7) is 4.60. The Hall–Kier alpha value is -3.25. The van der Waals surface area contributed by atoms with E-state index < -0.39 is 37.4 Å². The van der Waals surface area contributed by atoms with Crippen LogP contribution in [0.3, 0.4) is 0 Å². The molecule has 3 N–H and O–H groups in total. The third-order valence-corrected chi connectivity index (χ3v) is 9.38. The number of halogens is 1. The minimum atomic E-state index is -3.92. The second-order valence-electron chi connectivity index (χ2n) is 8.61. The molecule has 2 aliphatic heterocycles. The minimum absolute atomic E-state index is 0.0349. The van der Waals surface area contributed by atoms with Gasteiger partial charge in [0.2, 0.25) is 0 Å². The van der Waals surface area contributed by atoms with E-state index in [2.05, 4.69) is 25.6 Å². The predicted molar refractivity (Wildman–Crippen MR) is 124 cm³/mol. The molecule has 11 nitrogen and oxygen atoms in total. The number of anilines is 1. The highest BCUT2D eigenvalue weighted by molar-refractivity contribution is 7.94. The molecule has 0 unspecified atom stereocenters. The van der Waals surface area contributed by atoms with Gasteiger partial charge in [0.25, 0.3) is 5.91 Å². The van der Waals surface area contributed by atoms with Crippen molar-refractivity contribution >= 4 is 45.0 Å². The van der Waals surface area contributed by atoms with E-state index in [-0.39, 0.29) is 29.7 Å². The third kappa shape index (κ3) is 3.86. The molecule has 0 aliphatic carbocycles. The van der Waals surface area contributed by atoms with Gasteiger partial charge < -0.3 is 15.2 Å². The highest BCUT2D eigenvalue weighted by Crippen LogP contribution is 2.48. The quantitative estimate of drug-likeness (QED) is 0.559. The van der Waals surface area contributed by atoms with Gasteiger partial charge >= 0.3 is 6.09 Å². The maximum atomic E-state index is 13.6. The molecule has 0 saturated heterocycles. The van der Waals surface area contributed by atoms with Gasteiger partial charge in [0.05, 0.1) is 24.3 Å². The van der Waals surface area contributed by atoms with Crippen molar-refractivity contribution in [2.24, 2.45) is 4.99 Å². The normalized spacial score (nSPS) is 24.4. The molecule has 0 radical (unpaired) electrons. The number of carbonyl (C=O) groups is 2. The van der Waals surface area contributed by atoms with Crippen LogP contribution >= 0.6 is 11.6 Å². The van der Waals surface area contributed by atoms with Crippen molar-refractivity contribution in [1.29, 1.82) is 0 Å². The molecule has 2 aliphatic rings. The lowest BCUT2D eigenvalue weighted by molar-refractivity contribution is 0.102. The van der Waals surface area contributed by atoms with Gasteiger partial charge in [-0.25, -0.2) is 23.2 Å². The summed E-state index contributed by atoms with van der Waals surface area (Å²) in [5.41, 5.74) is -0.596. The lowest BCUT2D eigenvalue weighted by Crippen LogP contribution is -2.61. The number of hydrogen-bond acceptors (Lipinski definition) is 8. The van der Waals surface area contributed by atoms with E-state index >= 15 is 0 Å². The Balaban J connectivity index is 1.81. The number of carbonyl (C=O) groups excluding carboxylic acids is 1. The number of carboxylic acid groups (broad SMARTS) is 1. The summed E-state index contributed by atoms with van der Waals surface area (Å²) in [5.74, 6) is -0.338. The van der Waals surface area contributed by atoms with E-state index in [1.165, 1.54) is 26.2 Å². The van der Waals surface area contributed by atoms with Crippen LogP contribution in [0.25, 0.3) is 0 Å². The molecule has 1 aromatic carbocycles. The average molecular weight is 508 g/mol. The van der Waals surface area contributed by atoms with E-state index in [9.17, 15) is 23.1 Å². The minimum Gasteiger partial charge on any atom is -0.493 e. The van der Waals surface area contributed by atoms with Gasteiger partial charge in [0.15, 0.2) is 9.84 Å². The Labute approximate surface area is 200 Å². The van der Waals surface area contributed by atoms with E-state index in [1.807, 2.05) is 0 Å². The summed E-state index contributed by atoms with van der Waals surface area (Å²) in [7, 11) is -3.92. The number of ether oxygens (including phenoxy) is 1. The fourth-order valence-electron chi connectivity index (χ4n) is 4.21. The van der Waals surface area contributed by atoms with Crippen LogP contribution in [0.1, 0.15) is 43.2 Å². The van der Waals surface area contributed by atoms with Gasteiger partial charge in [0, 0.05) is 17.7 Å². The summed E-state index contributed by atoms with van der Waals surface area (Å²) in [4.78, 5) is 36.4. The van der Waals surface area contributed by atoms with Gasteiger partial charge in [-0.15, -0.1) is 0 Å². The number of benzene rings is 1. The molecule has 0 spiro atoms. The fraction of sp³-hybridized carbons (Fsp3) is 0.381. The van der Waals surface area contributed by atoms with Crippen LogP contribution in [0.2, 0.25) is 5.15 Å². The zero-order valence-electron chi connectivity index (χ0n) is 18.5. The number of amides is 2. The molecule has 0 fully saturated rings. The highest BCUT2D eigenvalue weighted by atomic mass is 35.5. The van der Waals surface area contributed by atoms with Crippen LogP contribution in [-0.4, -0.2) is 57.9 Å². The first kappa shape index (κ1) is 23.9. The number of fused-ring (bicyclic) bond motifs is 3. The largest absolute Gasteiger partial charge is 0.493 e. The smallest absolute Gasteiger partial charge is 0.410 e. The summed E-state index contributed by atoms with van der Waals surface area (Å²) in [5, 5.41) is 13.3. The molecule has 2 aromatic rings. The number of amidine groups is 1. The van der Waals surface area contributed by atoms with E-state index in [0.717, 1.165) is 0 Å². The van der Waals surface area contributed by atoms with Crippen LogP contribution in [0.5, 0.6) is 5.75 Å². The molecule has 4 rings (SSSR count). The molecule has 2 amide bonds. The average Bonchev–Trinajstić information content (AvgIpc) is 2.89. The Morgan fingerprint density at radius 3 is 2.56 bits per heavy atom. The second kappa shape index (κ2) is 8.20. The van der Waals surface area contributed by atoms with Gasteiger partial charge in [-0.1, -0.05) is 11.6 Å². The number of rotatable bonds is 2. The standard InChI is InChI=1S/C21H22ClN5O6S/c1-20(2)18(26-19(29)30)27-21(3)12-8-11(25-17(28)13-9-24-16(22)10-23-13)4-5-14(12)33-7-6-15(21)34(20,31)32/h4-5,8-10,15H,6-7H2,1-3H3,(H,25,28)(H,26,27)(H,29,30)/t15-,21-/m1/s1. The van der Waals surface area contributed by atoms with Crippen molar-refractivity contribution < 1.29 is 27.9 Å². The third-order valence-electron chi connectivity index (χ3n) is 6.13. The topological polar surface area (TPSA) is 160 Å². The maximum Gasteiger partial charge on any atom is 0.410 e. The van der Waals surface area contributed by atoms with Crippen molar-refractivity contribution in [3.63, 3.8) is 0 Å².